The smallest absolute Gasteiger partial charge is 0.218 e. The molecule has 0 saturated carbocycles. The summed E-state index contributed by atoms with van der Waals surface area (Å²) in [5, 5.41) is 2.87. The lowest BCUT2D eigenvalue weighted by Crippen LogP contribution is -2.42. The molecule has 0 spiro atoms. The van der Waals surface area contributed by atoms with E-state index in [1.165, 1.54) is 12.8 Å². The number of nitrogens with zero attached hydrogens (tertiary/aromatic N) is 2. The maximum Gasteiger partial charge on any atom is 0.218 e. The Labute approximate surface area is 104 Å². The van der Waals surface area contributed by atoms with Gasteiger partial charge < -0.3 is 10.2 Å². The van der Waals surface area contributed by atoms with E-state index in [1.807, 2.05) is 0 Å². The van der Waals surface area contributed by atoms with Gasteiger partial charge in [-0.25, -0.2) is 8.42 Å². The molecule has 2 aliphatic heterocycles. The molecule has 2 aliphatic rings. The van der Waals surface area contributed by atoms with Gasteiger partial charge in [0, 0.05) is 32.7 Å². The van der Waals surface area contributed by atoms with Crippen LogP contribution in [0.3, 0.4) is 0 Å². The molecule has 2 heterocycles. The van der Waals surface area contributed by atoms with Gasteiger partial charge in [-0.05, 0) is 32.9 Å². The zero-order valence-electron chi connectivity index (χ0n) is 10.6. The van der Waals surface area contributed by atoms with Crippen molar-refractivity contribution >= 4 is 10.0 Å². The lowest BCUT2D eigenvalue weighted by atomic mass is 10.4. The van der Waals surface area contributed by atoms with Gasteiger partial charge in [-0.3, -0.25) is 0 Å². The number of hydrogen-bond acceptors (Lipinski definition) is 4. The highest BCUT2D eigenvalue weighted by Crippen LogP contribution is 2.12. The van der Waals surface area contributed by atoms with Crippen LogP contribution in [0.25, 0.3) is 0 Å². The molecule has 2 rings (SSSR count). The number of sulfonamides is 1. The van der Waals surface area contributed by atoms with Crippen molar-refractivity contribution in [2.45, 2.75) is 25.0 Å². The van der Waals surface area contributed by atoms with Crippen molar-refractivity contribution in [2.24, 2.45) is 0 Å². The highest BCUT2D eigenvalue weighted by Gasteiger charge is 2.30. The third kappa shape index (κ3) is 3.19. The molecule has 6 heteroatoms. The Morgan fingerprint density at radius 2 is 1.88 bits per heavy atom. The molecule has 2 saturated heterocycles. The average molecular weight is 261 g/mol. The van der Waals surface area contributed by atoms with Crippen molar-refractivity contribution in [1.29, 1.82) is 0 Å². The molecule has 0 amide bonds. The van der Waals surface area contributed by atoms with Crippen LogP contribution in [0.4, 0.5) is 0 Å². The number of likely N-dealkylation sites (tertiary alicyclic amines) is 1. The Kier molecular flexibility index (Phi) is 4.41. The van der Waals surface area contributed by atoms with Gasteiger partial charge in [-0.2, -0.15) is 4.31 Å². The quantitative estimate of drug-likeness (QED) is 0.758. The van der Waals surface area contributed by atoms with E-state index < -0.39 is 10.0 Å². The minimum absolute atomic E-state index is 0.302. The van der Waals surface area contributed by atoms with Crippen LogP contribution in [-0.2, 0) is 10.0 Å². The maximum absolute atomic E-state index is 12.2. The fourth-order valence-corrected chi connectivity index (χ4v) is 4.01. The molecular weight excluding hydrogens is 238 g/mol. The fraction of sp³-hybridized carbons (Fsp3) is 1.00. The van der Waals surface area contributed by atoms with Gasteiger partial charge in [0.15, 0.2) is 0 Å². The van der Waals surface area contributed by atoms with E-state index in [2.05, 4.69) is 10.2 Å². The van der Waals surface area contributed by atoms with Crippen LogP contribution in [0, 0.1) is 0 Å². The Bertz CT molecular complexity index is 339. The second-order valence-corrected chi connectivity index (χ2v) is 7.36. The summed E-state index contributed by atoms with van der Waals surface area (Å²) in [5.74, 6) is 0. The van der Waals surface area contributed by atoms with Crippen LogP contribution in [0.2, 0.25) is 0 Å². The summed E-state index contributed by atoms with van der Waals surface area (Å²) < 4.78 is 26.1. The van der Waals surface area contributed by atoms with E-state index in [1.54, 1.807) is 11.2 Å². The normalized spacial score (nSPS) is 31.5. The van der Waals surface area contributed by atoms with E-state index in [-0.39, 0.29) is 5.25 Å². The van der Waals surface area contributed by atoms with Crippen molar-refractivity contribution in [3.05, 3.63) is 0 Å². The molecule has 0 radical (unpaired) electrons. The third-order valence-corrected chi connectivity index (χ3v) is 5.97. The third-order valence-electron chi connectivity index (χ3n) is 3.70. The first-order valence-corrected chi connectivity index (χ1v) is 8.03. The summed E-state index contributed by atoms with van der Waals surface area (Å²) in [6.45, 7) is 7.52. The number of rotatable bonds is 3. The summed E-state index contributed by atoms with van der Waals surface area (Å²) in [4.78, 5) is 2.36. The first kappa shape index (κ1) is 13.3. The van der Waals surface area contributed by atoms with Crippen LogP contribution in [-0.4, -0.2) is 68.7 Å². The maximum atomic E-state index is 12.2. The van der Waals surface area contributed by atoms with Crippen LogP contribution in [0.15, 0.2) is 0 Å². The van der Waals surface area contributed by atoms with Crippen molar-refractivity contribution in [3.8, 4) is 0 Å². The Balaban J connectivity index is 1.92. The lowest BCUT2D eigenvalue weighted by molar-refractivity contribution is 0.296. The van der Waals surface area contributed by atoms with Crippen LogP contribution < -0.4 is 5.32 Å². The molecule has 2 fully saturated rings. The largest absolute Gasteiger partial charge is 0.314 e. The van der Waals surface area contributed by atoms with Crippen molar-refractivity contribution in [3.63, 3.8) is 0 Å². The summed E-state index contributed by atoms with van der Waals surface area (Å²) >= 11 is 0. The van der Waals surface area contributed by atoms with Crippen molar-refractivity contribution < 1.29 is 8.42 Å². The summed E-state index contributed by atoms with van der Waals surface area (Å²) in [6, 6.07) is 0. The van der Waals surface area contributed by atoms with E-state index in [4.69, 9.17) is 0 Å². The van der Waals surface area contributed by atoms with Crippen LogP contribution in [0.5, 0.6) is 0 Å². The van der Waals surface area contributed by atoms with E-state index in [9.17, 15) is 8.42 Å². The van der Waals surface area contributed by atoms with Gasteiger partial charge in [0.2, 0.25) is 10.0 Å². The Hall–Kier alpha value is -0.170. The highest BCUT2D eigenvalue weighted by atomic mass is 32.2. The lowest BCUT2D eigenvalue weighted by Gasteiger charge is -2.24. The van der Waals surface area contributed by atoms with E-state index in [0.29, 0.717) is 19.6 Å². The first-order chi connectivity index (χ1) is 8.10. The van der Waals surface area contributed by atoms with E-state index >= 15 is 0 Å². The van der Waals surface area contributed by atoms with Crippen LogP contribution >= 0.6 is 0 Å². The molecule has 0 bridgehead atoms. The molecule has 1 atom stereocenters. The van der Waals surface area contributed by atoms with Gasteiger partial charge in [-0.1, -0.05) is 0 Å². The zero-order chi connectivity index (χ0) is 12.3. The van der Waals surface area contributed by atoms with Crippen molar-refractivity contribution in [2.75, 3.05) is 45.8 Å². The second-order valence-electron chi connectivity index (χ2n) is 5.01. The predicted octanol–water partition coefficient (Wildman–Crippen LogP) is -0.294. The fourth-order valence-electron chi connectivity index (χ4n) is 2.49. The molecule has 0 aromatic carbocycles. The highest BCUT2D eigenvalue weighted by molar-refractivity contribution is 7.89. The van der Waals surface area contributed by atoms with Crippen molar-refractivity contribution in [1.82, 2.24) is 14.5 Å². The molecule has 100 valence electrons. The second kappa shape index (κ2) is 5.65. The van der Waals surface area contributed by atoms with Gasteiger partial charge >= 0.3 is 0 Å². The Morgan fingerprint density at radius 1 is 1.18 bits per heavy atom. The monoisotopic (exact) mass is 261 g/mol. The molecule has 1 unspecified atom stereocenters. The summed E-state index contributed by atoms with van der Waals surface area (Å²) in [6.07, 6.45) is 2.51. The standard InChI is InChI=1S/C11H23N3O2S/c1-11-10-12-4-7-14(17(11,15)16)9-8-13-5-2-3-6-13/h11-12H,2-10H2,1H3. The van der Waals surface area contributed by atoms with Gasteiger partial charge in [0.05, 0.1) is 5.25 Å². The van der Waals surface area contributed by atoms with E-state index in [0.717, 1.165) is 26.2 Å². The van der Waals surface area contributed by atoms with Gasteiger partial charge in [0.1, 0.15) is 0 Å². The molecule has 1 N–H and O–H groups in total. The first-order valence-electron chi connectivity index (χ1n) is 6.53. The summed E-state index contributed by atoms with van der Waals surface area (Å²) in [7, 11) is -3.09. The summed E-state index contributed by atoms with van der Waals surface area (Å²) in [5.41, 5.74) is 0. The SMILES string of the molecule is CC1CNCCN(CCN2CCCC2)S1(=O)=O. The average Bonchev–Trinajstić information content (AvgIpc) is 2.76. The number of hydrogen-bond donors (Lipinski definition) is 1. The predicted molar refractivity (Wildman–Crippen MR) is 68.5 cm³/mol. The minimum Gasteiger partial charge on any atom is -0.314 e. The minimum atomic E-state index is -3.09. The molecular formula is C11H23N3O2S. The number of nitrogens with one attached hydrogen (secondary N) is 1. The molecule has 0 aliphatic carbocycles. The molecule has 0 aromatic heterocycles. The molecule has 5 nitrogen and oxygen atoms in total. The van der Waals surface area contributed by atoms with Crippen LogP contribution in [0.1, 0.15) is 19.8 Å². The van der Waals surface area contributed by atoms with Gasteiger partial charge in [-0.15, -0.1) is 0 Å². The molecule has 17 heavy (non-hydrogen) atoms. The molecule has 0 aromatic rings. The topological polar surface area (TPSA) is 52.6 Å². The zero-order valence-corrected chi connectivity index (χ0v) is 11.4. The Morgan fingerprint density at radius 3 is 2.59 bits per heavy atom. The van der Waals surface area contributed by atoms with Gasteiger partial charge in [0.25, 0.3) is 0 Å².